The molecule has 0 aromatic heterocycles. The first-order valence-corrected chi connectivity index (χ1v) is 5.61. The molecule has 0 spiro atoms. The summed E-state index contributed by atoms with van der Waals surface area (Å²) in [4.78, 5) is 24.3. The van der Waals surface area contributed by atoms with E-state index < -0.39 is 0 Å². The molecule has 0 saturated carbocycles. The van der Waals surface area contributed by atoms with Crippen LogP contribution in [0.5, 0.6) is 0 Å². The maximum atomic E-state index is 11.7. The van der Waals surface area contributed by atoms with Gasteiger partial charge in [0.25, 0.3) is 0 Å². The summed E-state index contributed by atoms with van der Waals surface area (Å²) in [6.07, 6.45) is 0.287. The minimum atomic E-state index is -0.244. The van der Waals surface area contributed by atoms with Gasteiger partial charge in [-0.2, -0.15) is 0 Å². The van der Waals surface area contributed by atoms with Crippen molar-refractivity contribution in [3.8, 4) is 0 Å². The molecule has 84 valence electrons. The van der Waals surface area contributed by atoms with E-state index in [9.17, 15) is 9.59 Å². The van der Waals surface area contributed by atoms with Crippen molar-refractivity contribution in [1.29, 1.82) is 0 Å². The Labute approximate surface area is 103 Å². The fourth-order valence-corrected chi connectivity index (χ4v) is 2.30. The zero-order valence-electron chi connectivity index (χ0n) is 8.37. The molecule has 1 aliphatic heterocycles. The van der Waals surface area contributed by atoms with Gasteiger partial charge >= 0.3 is 0 Å². The predicted molar refractivity (Wildman–Crippen MR) is 63.1 cm³/mol. The summed E-state index contributed by atoms with van der Waals surface area (Å²) in [5, 5.41) is 0.852. The van der Waals surface area contributed by atoms with Crippen LogP contribution in [0.1, 0.15) is 12.8 Å². The molecule has 0 atom stereocenters. The van der Waals surface area contributed by atoms with E-state index in [4.69, 9.17) is 23.2 Å². The van der Waals surface area contributed by atoms with E-state index in [2.05, 4.69) is 0 Å². The number of ketones is 1. The molecule has 0 bridgehead atoms. The smallest absolute Gasteiger partial charge is 0.234 e. The van der Waals surface area contributed by atoms with Gasteiger partial charge in [0.15, 0.2) is 0 Å². The van der Waals surface area contributed by atoms with Crippen LogP contribution < -0.4 is 4.90 Å². The minimum Gasteiger partial charge on any atom is -0.309 e. The van der Waals surface area contributed by atoms with Gasteiger partial charge in [-0.25, -0.2) is 0 Å². The number of hydrogen-bond donors (Lipinski definition) is 0. The first-order chi connectivity index (χ1) is 7.59. The quantitative estimate of drug-likeness (QED) is 0.726. The zero-order chi connectivity index (χ0) is 11.7. The van der Waals surface area contributed by atoms with Crippen molar-refractivity contribution in [2.45, 2.75) is 12.8 Å². The molecular weight excluding hydrogens is 249 g/mol. The van der Waals surface area contributed by atoms with Gasteiger partial charge in [-0.1, -0.05) is 29.3 Å². The molecule has 1 aliphatic rings. The summed E-state index contributed by atoms with van der Waals surface area (Å²) in [5.41, 5.74) is 0.503. The highest BCUT2D eigenvalue weighted by molar-refractivity contribution is 6.40. The van der Waals surface area contributed by atoms with Gasteiger partial charge in [0.05, 0.1) is 22.2 Å². The Morgan fingerprint density at radius 3 is 2.31 bits per heavy atom. The Hall–Kier alpha value is -1.06. The Kier molecular flexibility index (Phi) is 3.17. The van der Waals surface area contributed by atoms with Gasteiger partial charge in [0, 0.05) is 13.0 Å². The zero-order valence-corrected chi connectivity index (χ0v) is 9.88. The number of Topliss-reactive ketones (excluding diaryl/α,β-unsaturated/α-hetero) is 1. The molecule has 16 heavy (non-hydrogen) atoms. The highest BCUT2D eigenvalue weighted by Crippen LogP contribution is 2.34. The van der Waals surface area contributed by atoms with Crippen molar-refractivity contribution < 1.29 is 9.59 Å². The van der Waals surface area contributed by atoms with Crippen LogP contribution in [-0.2, 0) is 9.59 Å². The largest absolute Gasteiger partial charge is 0.309 e. The van der Waals surface area contributed by atoms with Crippen molar-refractivity contribution in [3.63, 3.8) is 0 Å². The monoisotopic (exact) mass is 257 g/mol. The molecule has 0 aliphatic carbocycles. The lowest BCUT2D eigenvalue weighted by atomic mass is 10.1. The summed E-state index contributed by atoms with van der Waals surface area (Å²) in [7, 11) is 0. The molecule has 0 unspecified atom stereocenters. The number of piperidine rings is 1. The van der Waals surface area contributed by atoms with Gasteiger partial charge < -0.3 is 4.90 Å². The molecule has 0 radical (unpaired) electrons. The van der Waals surface area contributed by atoms with E-state index in [1.54, 1.807) is 18.2 Å². The lowest BCUT2D eigenvalue weighted by Gasteiger charge is -2.27. The molecular formula is C11H9Cl2NO2. The second-order valence-corrected chi connectivity index (χ2v) is 4.40. The fourth-order valence-electron chi connectivity index (χ4n) is 1.70. The number of carbonyl (C=O) groups is 2. The maximum absolute atomic E-state index is 11.7. The van der Waals surface area contributed by atoms with Crippen LogP contribution in [-0.4, -0.2) is 18.2 Å². The van der Waals surface area contributed by atoms with Gasteiger partial charge in [-0.15, -0.1) is 0 Å². The van der Waals surface area contributed by atoms with Crippen LogP contribution in [0.15, 0.2) is 18.2 Å². The van der Waals surface area contributed by atoms with E-state index in [0.29, 0.717) is 28.7 Å². The fraction of sp³-hybridized carbons (Fsp3) is 0.273. The third-order valence-electron chi connectivity index (χ3n) is 2.47. The summed E-state index contributed by atoms with van der Waals surface area (Å²) >= 11 is 12.0. The first-order valence-electron chi connectivity index (χ1n) is 4.85. The number of amides is 1. The third kappa shape index (κ3) is 2.06. The Morgan fingerprint density at radius 2 is 1.75 bits per heavy atom. The van der Waals surface area contributed by atoms with E-state index in [0.717, 1.165) is 0 Å². The number of carbonyl (C=O) groups excluding carboxylic acids is 2. The van der Waals surface area contributed by atoms with Crippen molar-refractivity contribution in [1.82, 2.24) is 0 Å². The molecule has 1 aromatic carbocycles. The lowest BCUT2D eigenvalue weighted by Crippen LogP contribution is -2.39. The van der Waals surface area contributed by atoms with Crippen LogP contribution in [0.3, 0.4) is 0 Å². The van der Waals surface area contributed by atoms with Gasteiger partial charge in [0.1, 0.15) is 5.78 Å². The average Bonchev–Trinajstić information content (AvgIpc) is 2.20. The Balaban J connectivity index is 2.37. The standard InChI is InChI=1S/C11H9Cl2NO2/c12-8-2-1-3-9(13)11(8)14-5-4-7(15)6-10(14)16/h1-3H,4-6H2. The number of hydrogen-bond acceptors (Lipinski definition) is 2. The number of benzene rings is 1. The molecule has 2 rings (SSSR count). The van der Waals surface area contributed by atoms with Gasteiger partial charge in [0.2, 0.25) is 5.91 Å². The molecule has 1 saturated heterocycles. The van der Waals surface area contributed by atoms with Crippen LogP contribution in [0.4, 0.5) is 5.69 Å². The number of para-hydroxylation sites is 1. The van der Waals surface area contributed by atoms with E-state index in [1.807, 2.05) is 0 Å². The third-order valence-corrected chi connectivity index (χ3v) is 3.08. The number of anilines is 1. The SMILES string of the molecule is O=C1CCN(c2c(Cl)cccc2Cl)C(=O)C1. The molecule has 1 amide bonds. The number of halogens is 2. The minimum absolute atomic E-state index is 0.0376. The molecule has 1 heterocycles. The normalized spacial score (nSPS) is 16.8. The maximum Gasteiger partial charge on any atom is 0.234 e. The second-order valence-electron chi connectivity index (χ2n) is 3.58. The predicted octanol–water partition coefficient (Wildman–Crippen LogP) is 2.69. The topological polar surface area (TPSA) is 37.4 Å². The molecule has 0 N–H and O–H groups in total. The molecule has 1 aromatic rings. The first kappa shape index (κ1) is 11.4. The molecule has 1 fully saturated rings. The summed E-state index contributed by atoms with van der Waals surface area (Å²) in [5.74, 6) is -0.282. The van der Waals surface area contributed by atoms with E-state index in [-0.39, 0.29) is 18.1 Å². The summed E-state index contributed by atoms with van der Waals surface area (Å²) < 4.78 is 0. The molecule has 3 nitrogen and oxygen atoms in total. The average molecular weight is 258 g/mol. The van der Waals surface area contributed by atoms with Crippen LogP contribution in [0, 0.1) is 0 Å². The van der Waals surface area contributed by atoms with E-state index in [1.165, 1.54) is 4.90 Å². The van der Waals surface area contributed by atoms with Crippen LogP contribution in [0.2, 0.25) is 10.0 Å². The van der Waals surface area contributed by atoms with Crippen molar-refractivity contribution >= 4 is 40.6 Å². The van der Waals surface area contributed by atoms with Crippen molar-refractivity contribution in [2.24, 2.45) is 0 Å². The lowest BCUT2D eigenvalue weighted by molar-refractivity contribution is -0.128. The highest BCUT2D eigenvalue weighted by atomic mass is 35.5. The van der Waals surface area contributed by atoms with Gasteiger partial charge in [-0.05, 0) is 12.1 Å². The van der Waals surface area contributed by atoms with Crippen LogP contribution >= 0.6 is 23.2 Å². The molecule has 5 heteroatoms. The Morgan fingerprint density at radius 1 is 1.12 bits per heavy atom. The van der Waals surface area contributed by atoms with Crippen LogP contribution in [0.25, 0.3) is 0 Å². The number of rotatable bonds is 1. The van der Waals surface area contributed by atoms with Gasteiger partial charge in [-0.3, -0.25) is 9.59 Å². The van der Waals surface area contributed by atoms with E-state index >= 15 is 0 Å². The number of nitrogens with zero attached hydrogens (tertiary/aromatic N) is 1. The Bertz CT molecular complexity index is 439. The summed E-state index contributed by atoms with van der Waals surface area (Å²) in [6.45, 7) is 0.348. The second kappa shape index (κ2) is 4.44. The summed E-state index contributed by atoms with van der Waals surface area (Å²) in [6, 6.07) is 5.06. The van der Waals surface area contributed by atoms with Crippen molar-refractivity contribution in [2.75, 3.05) is 11.4 Å². The highest BCUT2D eigenvalue weighted by Gasteiger charge is 2.27. The van der Waals surface area contributed by atoms with Crippen molar-refractivity contribution in [3.05, 3.63) is 28.2 Å².